The highest BCUT2D eigenvalue weighted by molar-refractivity contribution is 5.80. The largest absolute Gasteiger partial charge is 0.343 e. The first-order valence-corrected chi connectivity index (χ1v) is 9.45. The maximum absolute atomic E-state index is 13.0. The first kappa shape index (κ1) is 17.5. The van der Waals surface area contributed by atoms with E-state index in [1.54, 1.807) is 0 Å². The number of amides is 1. The van der Waals surface area contributed by atoms with E-state index in [-0.39, 0.29) is 5.56 Å². The molecular formula is C21H24N4O2. The minimum absolute atomic E-state index is 0.0558. The lowest BCUT2D eigenvalue weighted by Crippen LogP contribution is -2.46. The Labute approximate surface area is 158 Å². The summed E-state index contributed by atoms with van der Waals surface area (Å²) in [5.41, 5.74) is 1.99. The minimum Gasteiger partial charge on any atom is -0.343 e. The molecule has 0 spiro atoms. The standard InChI is InChI=1S/C21H24N4O2/c26-17-23-15-13-22(14-16-23)11-6-12-24-21(27)19-9-4-5-10-20(19)25(24)18-7-2-1-3-8-18/h1-5,7-10,17H,6,11-16H2. The molecule has 0 N–H and O–H groups in total. The van der Waals surface area contributed by atoms with E-state index >= 15 is 0 Å². The molecule has 0 bridgehead atoms. The van der Waals surface area contributed by atoms with Crippen LogP contribution in [-0.4, -0.2) is 58.3 Å². The number of hydrogen-bond donors (Lipinski definition) is 0. The molecule has 140 valence electrons. The molecule has 0 saturated carbocycles. The van der Waals surface area contributed by atoms with Crippen LogP contribution in [0.15, 0.2) is 59.4 Å². The third-order valence-corrected chi connectivity index (χ3v) is 5.24. The van der Waals surface area contributed by atoms with E-state index < -0.39 is 0 Å². The molecule has 2 heterocycles. The zero-order valence-electron chi connectivity index (χ0n) is 15.3. The van der Waals surface area contributed by atoms with Crippen LogP contribution in [0.4, 0.5) is 0 Å². The van der Waals surface area contributed by atoms with Crippen molar-refractivity contribution in [3.63, 3.8) is 0 Å². The number of piperazine rings is 1. The summed E-state index contributed by atoms with van der Waals surface area (Å²) in [5.74, 6) is 0. The monoisotopic (exact) mass is 364 g/mol. The van der Waals surface area contributed by atoms with Crippen molar-refractivity contribution in [3.8, 4) is 5.69 Å². The summed E-state index contributed by atoms with van der Waals surface area (Å²) < 4.78 is 3.88. The number of aromatic nitrogens is 2. The van der Waals surface area contributed by atoms with E-state index in [1.807, 2.05) is 68.9 Å². The van der Waals surface area contributed by atoms with Gasteiger partial charge in [0.15, 0.2) is 0 Å². The number of rotatable bonds is 6. The first-order valence-electron chi connectivity index (χ1n) is 9.45. The van der Waals surface area contributed by atoms with E-state index in [2.05, 4.69) is 4.90 Å². The zero-order valence-corrected chi connectivity index (χ0v) is 15.3. The fraction of sp³-hybridized carbons (Fsp3) is 0.333. The highest BCUT2D eigenvalue weighted by Crippen LogP contribution is 2.17. The summed E-state index contributed by atoms with van der Waals surface area (Å²) >= 11 is 0. The van der Waals surface area contributed by atoms with E-state index in [0.717, 1.165) is 62.1 Å². The van der Waals surface area contributed by atoms with Crippen LogP contribution in [0.25, 0.3) is 16.6 Å². The van der Waals surface area contributed by atoms with Crippen LogP contribution >= 0.6 is 0 Å². The lowest BCUT2D eigenvalue weighted by Gasteiger charge is -2.32. The highest BCUT2D eigenvalue weighted by Gasteiger charge is 2.17. The van der Waals surface area contributed by atoms with Gasteiger partial charge in [-0.05, 0) is 30.7 Å². The van der Waals surface area contributed by atoms with E-state index in [4.69, 9.17) is 0 Å². The van der Waals surface area contributed by atoms with Gasteiger partial charge in [-0.2, -0.15) is 0 Å². The van der Waals surface area contributed by atoms with E-state index in [9.17, 15) is 9.59 Å². The molecule has 27 heavy (non-hydrogen) atoms. The second-order valence-electron chi connectivity index (χ2n) is 6.93. The van der Waals surface area contributed by atoms with Crippen LogP contribution in [0.2, 0.25) is 0 Å². The quantitative estimate of drug-likeness (QED) is 0.628. The Bertz CT molecular complexity index is 969. The molecule has 3 aromatic rings. The number of para-hydroxylation sites is 2. The van der Waals surface area contributed by atoms with E-state index in [1.165, 1.54) is 0 Å². The lowest BCUT2D eigenvalue weighted by molar-refractivity contribution is -0.119. The Hall–Kier alpha value is -2.86. The Morgan fingerprint density at radius 2 is 1.56 bits per heavy atom. The molecule has 0 unspecified atom stereocenters. The van der Waals surface area contributed by atoms with Crippen molar-refractivity contribution in [2.24, 2.45) is 0 Å². The number of hydrogen-bond acceptors (Lipinski definition) is 3. The molecule has 0 aliphatic carbocycles. The van der Waals surface area contributed by atoms with Crippen LogP contribution in [0, 0.1) is 0 Å². The van der Waals surface area contributed by atoms with Gasteiger partial charge in [-0.3, -0.25) is 19.2 Å². The summed E-state index contributed by atoms with van der Waals surface area (Å²) in [6.45, 7) is 4.96. The second-order valence-corrected chi connectivity index (χ2v) is 6.93. The summed E-state index contributed by atoms with van der Waals surface area (Å²) in [4.78, 5) is 28.0. The molecule has 2 aromatic carbocycles. The molecule has 1 aromatic heterocycles. The zero-order chi connectivity index (χ0) is 18.6. The van der Waals surface area contributed by atoms with Crippen molar-refractivity contribution in [2.45, 2.75) is 13.0 Å². The lowest BCUT2D eigenvalue weighted by atomic mass is 10.2. The molecular weight excluding hydrogens is 340 g/mol. The maximum atomic E-state index is 13.0. The average molecular weight is 364 g/mol. The molecule has 6 nitrogen and oxygen atoms in total. The van der Waals surface area contributed by atoms with Crippen molar-refractivity contribution in [1.29, 1.82) is 0 Å². The van der Waals surface area contributed by atoms with Crippen LogP contribution < -0.4 is 5.56 Å². The Morgan fingerprint density at radius 3 is 2.30 bits per heavy atom. The number of nitrogens with zero attached hydrogens (tertiary/aromatic N) is 4. The van der Waals surface area contributed by atoms with Gasteiger partial charge in [0, 0.05) is 39.3 Å². The SMILES string of the molecule is O=CN1CCN(CCCn2c(=O)c3ccccc3n2-c2ccccc2)CC1. The van der Waals surface area contributed by atoms with Crippen LogP contribution in [-0.2, 0) is 11.3 Å². The summed E-state index contributed by atoms with van der Waals surface area (Å²) in [6, 6.07) is 17.8. The highest BCUT2D eigenvalue weighted by atomic mass is 16.1. The molecule has 0 radical (unpaired) electrons. The number of fused-ring (bicyclic) bond motifs is 1. The summed E-state index contributed by atoms with van der Waals surface area (Å²) in [5, 5.41) is 0.751. The summed E-state index contributed by atoms with van der Waals surface area (Å²) in [7, 11) is 0. The van der Waals surface area contributed by atoms with Gasteiger partial charge < -0.3 is 4.90 Å². The molecule has 0 atom stereocenters. The van der Waals surface area contributed by atoms with Crippen LogP contribution in [0.5, 0.6) is 0 Å². The Balaban J connectivity index is 1.56. The molecule has 1 fully saturated rings. The molecule has 1 saturated heterocycles. The van der Waals surface area contributed by atoms with Crippen LogP contribution in [0.1, 0.15) is 6.42 Å². The predicted octanol–water partition coefficient (Wildman–Crippen LogP) is 1.96. The number of benzene rings is 2. The summed E-state index contributed by atoms with van der Waals surface area (Å²) in [6.07, 6.45) is 1.82. The van der Waals surface area contributed by atoms with Gasteiger partial charge >= 0.3 is 0 Å². The third kappa shape index (κ3) is 3.53. The minimum atomic E-state index is 0.0558. The van der Waals surface area contributed by atoms with Gasteiger partial charge in [-0.1, -0.05) is 30.3 Å². The van der Waals surface area contributed by atoms with Crippen LogP contribution in [0.3, 0.4) is 0 Å². The van der Waals surface area contributed by atoms with Gasteiger partial charge in [0.2, 0.25) is 6.41 Å². The van der Waals surface area contributed by atoms with Crippen molar-refractivity contribution in [3.05, 3.63) is 65.0 Å². The Morgan fingerprint density at radius 1 is 0.852 bits per heavy atom. The van der Waals surface area contributed by atoms with Gasteiger partial charge in [0.1, 0.15) is 0 Å². The first-order chi connectivity index (χ1) is 13.3. The normalized spacial score (nSPS) is 15.3. The molecule has 1 amide bonds. The number of carbonyl (C=O) groups is 1. The topological polar surface area (TPSA) is 50.5 Å². The number of carbonyl (C=O) groups excluding carboxylic acids is 1. The van der Waals surface area contributed by atoms with Crippen molar-refractivity contribution >= 4 is 17.3 Å². The molecule has 1 aliphatic heterocycles. The predicted molar refractivity (Wildman–Crippen MR) is 106 cm³/mol. The van der Waals surface area contributed by atoms with Gasteiger partial charge in [-0.25, -0.2) is 4.68 Å². The average Bonchev–Trinajstić information content (AvgIpc) is 3.01. The van der Waals surface area contributed by atoms with Gasteiger partial charge in [0.05, 0.1) is 16.6 Å². The van der Waals surface area contributed by atoms with Crippen molar-refractivity contribution < 1.29 is 4.79 Å². The maximum Gasteiger partial charge on any atom is 0.274 e. The molecule has 6 heteroatoms. The molecule has 1 aliphatic rings. The van der Waals surface area contributed by atoms with E-state index in [0.29, 0.717) is 6.54 Å². The fourth-order valence-electron chi connectivity index (χ4n) is 3.78. The fourth-order valence-corrected chi connectivity index (χ4v) is 3.78. The van der Waals surface area contributed by atoms with Crippen molar-refractivity contribution in [2.75, 3.05) is 32.7 Å². The van der Waals surface area contributed by atoms with Gasteiger partial charge in [-0.15, -0.1) is 0 Å². The molecule has 4 rings (SSSR count). The van der Waals surface area contributed by atoms with Crippen molar-refractivity contribution in [1.82, 2.24) is 19.2 Å². The Kier molecular flexibility index (Phi) is 5.07. The smallest absolute Gasteiger partial charge is 0.274 e. The third-order valence-electron chi connectivity index (χ3n) is 5.24. The van der Waals surface area contributed by atoms with Gasteiger partial charge in [0.25, 0.3) is 5.56 Å². The second kappa shape index (κ2) is 7.80.